The number of rotatable bonds is 4. The molecule has 0 radical (unpaired) electrons. The smallest absolute Gasteiger partial charge is 0.337 e. The Balaban J connectivity index is 1.90. The zero-order chi connectivity index (χ0) is 19.0. The van der Waals surface area contributed by atoms with Gasteiger partial charge in [0.2, 0.25) is 0 Å². The summed E-state index contributed by atoms with van der Waals surface area (Å²) in [6.45, 7) is 0.347. The summed E-state index contributed by atoms with van der Waals surface area (Å²) in [5, 5.41) is 3.18. The van der Waals surface area contributed by atoms with Crippen molar-refractivity contribution in [1.82, 2.24) is 18.7 Å². The molecule has 0 amide bonds. The predicted molar refractivity (Wildman–Crippen MR) is 96.3 cm³/mol. The van der Waals surface area contributed by atoms with Crippen LogP contribution in [0.25, 0.3) is 11.2 Å². The molecule has 136 valence electrons. The zero-order valence-corrected chi connectivity index (χ0v) is 14.9. The Morgan fingerprint density at radius 1 is 1.08 bits per heavy atom. The van der Waals surface area contributed by atoms with Crippen LogP contribution in [0.5, 0.6) is 0 Å². The highest BCUT2D eigenvalue weighted by Crippen LogP contribution is 2.14. The molecule has 0 bridgehead atoms. The summed E-state index contributed by atoms with van der Waals surface area (Å²) in [6, 6.07) is 6.82. The lowest BCUT2D eigenvalue weighted by molar-refractivity contribution is 0.0601. The molecule has 0 unspecified atom stereocenters. The number of nitrogens with one attached hydrogen (secondary N) is 1. The van der Waals surface area contributed by atoms with Gasteiger partial charge in [-0.3, -0.25) is 13.9 Å². The maximum atomic E-state index is 12.4. The highest BCUT2D eigenvalue weighted by atomic mass is 16.5. The van der Waals surface area contributed by atoms with Crippen LogP contribution in [0, 0.1) is 0 Å². The largest absolute Gasteiger partial charge is 0.465 e. The first-order chi connectivity index (χ1) is 12.3. The molecule has 1 aromatic carbocycles. The average molecular weight is 357 g/mol. The van der Waals surface area contributed by atoms with Crippen LogP contribution >= 0.6 is 0 Å². The summed E-state index contributed by atoms with van der Waals surface area (Å²) in [5.74, 6) is 0.207. The zero-order valence-electron chi connectivity index (χ0n) is 14.9. The fourth-order valence-electron chi connectivity index (χ4n) is 2.74. The first-order valence-corrected chi connectivity index (χ1v) is 7.88. The monoisotopic (exact) mass is 357 g/mol. The number of aromatic nitrogens is 4. The van der Waals surface area contributed by atoms with Crippen molar-refractivity contribution in [3.05, 3.63) is 56.5 Å². The Kier molecular flexibility index (Phi) is 4.37. The van der Waals surface area contributed by atoms with E-state index in [1.807, 2.05) is 0 Å². The standard InChI is InChI=1S/C17H19N5O4/c1-20-12(9-18-11-7-5-10(6-8-11)16(24)26-4)19-14-13(20)15(23)22(3)17(25)21(14)2/h5-8,18H,9H2,1-4H3. The van der Waals surface area contributed by atoms with Gasteiger partial charge in [0.1, 0.15) is 5.82 Å². The van der Waals surface area contributed by atoms with E-state index in [2.05, 4.69) is 15.0 Å². The second-order valence-corrected chi connectivity index (χ2v) is 5.89. The fourth-order valence-corrected chi connectivity index (χ4v) is 2.74. The number of ether oxygens (including phenoxy) is 1. The molecule has 2 aromatic heterocycles. The number of anilines is 1. The van der Waals surface area contributed by atoms with E-state index in [4.69, 9.17) is 0 Å². The Labute approximate surface area is 148 Å². The number of esters is 1. The van der Waals surface area contributed by atoms with Crippen molar-refractivity contribution in [3.8, 4) is 0 Å². The normalized spacial score (nSPS) is 10.9. The molecule has 9 heteroatoms. The summed E-state index contributed by atoms with van der Waals surface area (Å²) in [6.07, 6.45) is 0. The number of hydrogen-bond acceptors (Lipinski definition) is 6. The first kappa shape index (κ1) is 17.5. The second-order valence-electron chi connectivity index (χ2n) is 5.89. The maximum Gasteiger partial charge on any atom is 0.337 e. The Bertz CT molecular complexity index is 1110. The van der Waals surface area contributed by atoms with Crippen molar-refractivity contribution in [2.45, 2.75) is 6.54 Å². The van der Waals surface area contributed by atoms with Crippen LogP contribution in [0.15, 0.2) is 33.9 Å². The first-order valence-electron chi connectivity index (χ1n) is 7.88. The number of methoxy groups -OCH3 is 1. The van der Waals surface area contributed by atoms with Crippen LogP contribution in [0.4, 0.5) is 5.69 Å². The van der Waals surface area contributed by atoms with Gasteiger partial charge < -0.3 is 14.6 Å². The van der Waals surface area contributed by atoms with Gasteiger partial charge in [0.25, 0.3) is 5.56 Å². The Morgan fingerprint density at radius 3 is 2.35 bits per heavy atom. The van der Waals surface area contributed by atoms with Crippen LogP contribution in [0.1, 0.15) is 16.2 Å². The number of hydrogen-bond donors (Lipinski definition) is 1. The SMILES string of the molecule is COC(=O)c1ccc(NCc2nc3c(c(=O)n(C)c(=O)n3C)n2C)cc1. The summed E-state index contributed by atoms with van der Waals surface area (Å²) in [7, 11) is 6.09. The molecule has 1 N–H and O–H groups in total. The van der Waals surface area contributed by atoms with Crippen LogP contribution < -0.4 is 16.6 Å². The molecule has 3 aromatic rings. The van der Waals surface area contributed by atoms with E-state index in [9.17, 15) is 14.4 Å². The van der Waals surface area contributed by atoms with Crippen molar-refractivity contribution >= 4 is 22.8 Å². The molecule has 0 aliphatic rings. The third kappa shape index (κ3) is 2.77. The lowest BCUT2D eigenvalue weighted by atomic mass is 10.2. The number of fused-ring (bicyclic) bond motifs is 1. The molecular formula is C17H19N5O4. The summed E-state index contributed by atoms with van der Waals surface area (Å²) in [5.41, 5.74) is 1.15. The maximum absolute atomic E-state index is 12.4. The topological polar surface area (TPSA) is 100 Å². The Morgan fingerprint density at radius 2 is 1.73 bits per heavy atom. The van der Waals surface area contributed by atoms with Crippen LogP contribution in [-0.4, -0.2) is 31.8 Å². The molecule has 0 atom stereocenters. The average Bonchev–Trinajstić information content (AvgIpc) is 2.99. The van der Waals surface area contributed by atoms with E-state index < -0.39 is 11.7 Å². The molecule has 26 heavy (non-hydrogen) atoms. The van der Waals surface area contributed by atoms with Crippen molar-refractivity contribution < 1.29 is 9.53 Å². The summed E-state index contributed by atoms with van der Waals surface area (Å²) < 4.78 is 8.75. The highest BCUT2D eigenvalue weighted by Gasteiger charge is 2.16. The third-order valence-electron chi connectivity index (χ3n) is 4.32. The molecule has 0 fully saturated rings. The van der Waals surface area contributed by atoms with Crippen molar-refractivity contribution in [2.75, 3.05) is 12.4 Å². The lowest BCUT2D eigenvalue weighted by Gasteiger charge is -2.07. The van der Waals surface area contributed by atoms with E-state index in [-0.39, 0.29) is 5.56 Å². The van der Waals surface area contributed by atoms with Crippen LogP contribution in [-0.2, 0) is 32.4 Å². The van der Waals surface area contributed by atoms with Crippen LogP contribution in [0.3, 0.4) is 0 Å². The Hall–Kier alpha value is -3.36. The number of aryl methyl sites for hydroxylation is 2. The second kappa shape index (κ2) is 6.51. The van der Waals surface area contributed by atoms with E-state index in [0.29, 0.717) is 29.1 Å². The minimum absolute atomic E-state index is 0.346. The predicted octanol–water partition coefficient (Wildman–Crippen LogP) is 0.369. The molecule has 9 nitrogen and oxygen atoms in total. The van der Waals surface area contributed by atoms with Gasteiger partial charge in [0, 0.05) is 26.8 Å². The number of imidazole rings is 1. The van der Waals surface area contributed by atoms with Gasteiger partial charge in [-0.15, -0.1) is 0 Å². The third-order valence-corrected chi connectivity index (χ3v) is 4.32. The number of carbonyl (C=O) groups excluding carboxylic acids is 1. The molecular weight excluding hydrogens is 338 g/mol. The van der Waals surface area contributed by atoms with Crippen molar-refractivity contribution in [2.24, 2.45) is 21.1 Å². The quantitative estimate of drug-likeness (QED) is 0.677. The highest BCUT2D eigenvalue weighted by molar-refractivity contribution is 5.89. The fraction of sp³-hybridized carbons (Fsp3) is 0.294. The number of nitrogens with zero attached hydrogens (tertiary/aromatic N) is 4. The molecule has 0 spiro atoms. The minimum Gasteiger partial charge on any atom is -0.465 e. The lowest BCUT2D eigenvalue weighted by Crippen LogP contribution is -2.37. The molecule has 3 rings (SSSR count). The minimum atomic E-state index is -0.418. The van der Waals surface area contributed by atoms with Gasteiger partial charge in [-0.1, -0.05) is 0 Å². The molecule has 0 saturated heterocycles. The summed E-state index contributed by atoms with van der Waals surface area (Å²) in [4.78, 5) is 40.3. The van der Waals surface area contributed by atoms with E-state index in [0.717, 1.165) is 10.3 Å². The van der Waals surface area contributed by atoms with E-state index in [1.54, 1.807) is 42.9 Å². The molecule has 0 aliphatic heterocycles. The van der Waals surface area contributed by atoms with Gasteiger partial charge in [-0.2, -0.15) is 0 Å². The van der Waals surface area contributed by atoms with E-state index >= 15 is 0 Å². The molecule has 2 heterocycles. The van der Waals surface area contributed by atoms with Crippen molar-refractivity contribution in [3.63, 3.8) is 0 Å². The molecule has 0 aliphatic carbocycles. The van der Waals surface area contributed by atoms with Gasteiger partial charge >= 0.3 is 11.7 Å². The van der Waals surface area contributed by atoms with Gasteiger partial charge in [0.15, 0.2) is 11.2 Å². The number of benzene rings is 1. The van der Waals surface area contributed by atoms with Gasteiger partial charge in [-0.25, -0.2) is 14.6 Å². The van der Waals surface area contributed by atoms with E-state index in [1.165, 1.54) is 18.7 Å². The number of carbonyl (C=O) groups is 1. The van der Waals surface area contributed by atoms with Crippen LogP contribution in [0.2, 0.25) is 0 Å². The summed E-state index contributed by atoms with van der Waals surface area (Å²) >= 11 is 0. The van der Waals surface area contributed by atoms with Crippen molar-refractivity contribution in [1.29, 1.82) is 0 Å². The van der Waals surface area contributed by atoms with Gasteiger partial charge in [0.05, 0.1) is 19.2 Å². The van der Waals surface area contributed by atoms with Gasteiger partial charge in [-0.05, 0) is 24.3 Å². The molecule has 0 saturated carbocycles.